The maximum absolute atomic E-state index is 14.6. The van der Waals surface area contributed by atoms with Crippen molar-refractivity contribution in [3.63, 3.8) is 0 Å². The number of carbonyl (C=O) groups is 2. The molecule has 2 aliphatic rings. The van der Waals surface area contributed by atoms with Crippen LogP contribution in [-0.4, -0.2) is 54.7 Å². The van der Waals surface area contributed by atoms with Gasteiger partial charge in [0.15, 0.2) is 0 Å². The predicted octanol–water partition coefficient (Wildman–Crippen LogP) is 2.30. The number of pyridine rings is 1. The van der Waals surface area contributed by atoms with E-state index in [1.54, 1.807) is 0 Å². The zero-order chi connectivity index (χ0) is 19.8. The van der Waals surface area contributed by atoms with E-state index in [0.717, 1.165) is 17.0 Å². The van der Waals surface area contributed by atoms with E-state index in [4.69, 9.17) is 14.6 Å². The van der Waals surface area contributed by atoms with Crippen molar-refractivity contribution in [2.45, 2.75) is 6.10 Å². The van der Waals surface area contributed by atoms with Crippen LogP contribution in [-0.2, 0) is 9.47 Å². The van der Waals surface area contributed by atoms with Crippen LogP contribution in [0, 0.1) is 11.6 Å². The summed E-state index contributed by atoms with van der Waals surface area (Å²) >= 11 is 0. The molecule has 8 nitrogen and oxygen atoms in total. The third-order valence-electron chi connectivity index (χ3n) is 4.49. The molecule has 1 N–H and O–H groups in total. The number of aliphatic hydroxyl groups excluding tert-OH is 1. The molecule has 2 amide bonds. The van der Waals surface area contributed by atoms with Gasteiger partial charge in [0, 0.05) is 11.8 Å². The molecular formula is C18H15F2N3O5. The van der Waals surface area contributed by atoms with Gasteiger partial charge in [-0.25, -0.2) is 23.4 Å². The second-order valence-electron chi connectivity index (χ2n) is 6.25. The average Bonchev–Trinajstić information content (AvgIpc) is 3.27. The molecule has 0 bridgehead atoms. The van der Waals surface area contributed by atoms with E-state index < -0.39 is 29.9 Å². The third kappa shape index (κ3) is 3.11. The van der Waals surface area contributed by atoms with Gasteiger partial charge in [0.1, 0.15) is 30.2 Å². The van der Waals surface area contributed by atoms with Gasteiger partial charge >= 0.3 is 12.2 Å². The van der Waals surface area contributed by atoms with Gasteiger partial charge in [0.05, 0.1) is 30.9 Å². The second-order valence-corrected chi connectivity index (χ2v) is 6.25. The Hall–Kier alpha value is -3.27. The van der Waals surface area contributed by atoms with Gasteiger partial charge in [0.25, 0.3) is 0 Å². The van der Waals surface area contributed by atoms with Crippen LogP contribution in [0.5, 0.6) is 0 Å². The largest absolute Gasteiger partial charge is 0.447 e. The second kappa shape index (κ2) is 7.04. The number of aliphatic hydroxyl groups is 1. The van der Waals surface area contributed by atoms with E-state index in [1.165, 1.54) is 23.2 Å². The van der Waals surface area contributed by atoms with Gasteiger partial charge in [0.2, 0.25) is 0 Å². The number of hydrogen-bond acceptors (Lipinski definition) is 6. The van der Waals surface area contributed by atoms with Crippen molar-refractivity contribution >= 4 is 23.7 Å². The highest BCUT2D eigenvalue weighted by molar-refractivity contribution is 5.90. The lowest BCUT2D eigenvalue weighted by Crippen LogP contribution is -2.25. The highest BCUT2D eigenvalue weighted by Crippen LogP contribution is 2.32. The summed E-state index contributed by atoms with van der Waals surface area (Å²) in [6, 6.07) is 4.95. The molecule has 0 aliphatic carbocycles. The predicted molar refractivity (Wildman–Crippen MR) is 93.0 cm³/mol. The number of carbonyl (C=O) groups excluding carboxylic acids is 2. The third-order valence-corrected chi connectivity index (χ3v) is 4.49. The Morgan fingerprint density at radius 2 is 1.89 bits per heavy atom. The quantitative estimate of drug-likeness (QED) is 0.860. The molecule has 2 saturated heterocycles. The average molecular weight is 391 g/mol. The van der Waals surface area contributed by atoms with Crippen molar-refractivity contribution in [3.8, 4) is 11.1 Å². The lowest BCUT2D eigenvalue weighted by Gasteiger charge is -2.16. The van der Waals surface area contributed by atoms with Crippen LogP contribution >= 0.6 is 0 Å². The fourth-order valence-corrected chi connectivity index (χ4v) is 3.11. The molecule has 0 unspecified atom stereocenters. The summed E-state index contributed by atoms with van der Waals surface area (Å²) in [5.74, 6) is -1.45. The summed E-state index contributed by atoms with van der Waals surface area (Å²) in [4.78, 5) is 29.8. The Balaban J connectivity index is 1.62. The zero-order valence-electron chi connectivity index (χ0n) is 14.5. The highest BCUT2D eigenvalue weighted by atomic mass is 19.1. The van der Waals surface area contributed by atoms with Gasteiger partial charge in [-0.15, -0.1) is 0 Å². The SMILES string of the molecule is O=C1O[C@@H](CO)CN1c1cc(F)c(-c2ccc(N3CCOC3=O)nc2)c(F)c1. The lowest BCUT2D eigenvalue weighted by molar-refractivity contribution is 0.0963. The van der Waals surface area contributed by atoms with Crippen molar-refractivity contribution in [2.24, 2.45) is 0 Å². The van der Waals surface area contributed by atoms with Crippen LogP contribution in [0.4, 0.5) is 29.9 Å². The Bertz CT molecular complexity index is 914. The number of rotatable bonds is 4. The maximum Gasteiger partial charge on any atom is 0.415 e. The molecule has 2 fully saturated rings. The minimum Gasteiger partial charge on any atom is -0.447 e. The number of nitrogens with zero attached hydrogens (tertiary/aromatic N) is 3. The van der Waals surface area contributed by atoms with E-state index >= 15 is 0 Å². The van der Waals surface area contributed by atoms with Gasteiger partial charge < -0.3 is 14.6 Å². The monoisotopic (exact) mass is 391 g/mol. The van der Waals surface area contributed by atoms with Crippen LogP contribution in [0.15, 0.2) is 30.5 Å². The Morgan fingerprint density at radius 3 is 2.43 bits per heavy atom. The van der Waals surface area contributed by atoms with Gasteiger partial charge in [-0.3, -0.25) is 9.80 Å². The molecule has 3 heterocycles. The van der Waals surface area contributed by atoms with Crippen LogP contribution in [0.3, 0.4) is 0 Å². The zero-order valence-corrected chi connectivity index (χ0v) is 14.5. The number of hydrogen-bond donors (Lipinski definition) is 1. The molecule has 0 spiro atoms. The van der Waals surface area contributed by atoms with Crippen molar-refractivity contribution in [1.82, 2.24) is 4.98 Å². The first kappa shape index (κ1) is 18.1. The van der Waals surface area contributed by atoms with Crippen molar-refractivity contribution in [3.05, 3.63) is 42.1 Å². The van der Waals surface area contributed by atoms with E-state index in [-0.39, 0.29) is 36.6 Å². The van der Waals surface area contributed by atoms with Gasteiger partial charge in [-0.05, 0) is 24.3 Å². The first-order valence-corrected chi connectivity index (χ1v) is 8.46. The number of amides is 2. The molecule has 2 aliphatic heterocycles. The number of anilines is 2. The van der Waals surface area contributed by atoms with E-state index in [9.17, 15) is 18.4 Å². The Kier molecular flexibility index (Phi) is 4.55. The number of ether oxygens (including phenoxy) is 2. The standard InChI is InChI=1S/C18H15F2N3O5/c19-13-5-11(23-8-12(9-24)28-18(23)26)6-14(20)16(13)10-1-2-15(21-7-10)22-3-4-27-17(22)25/h1-2,5-7,12,24H,3-4,8-9H2/t12-/m1/s1. The van der Waals surface area contributed by atoms with Crippen LogP contribution in [0.2, 0.25) is 0 Å². The van der Waals surface area contributed by atoms with Gasteiger partial charge in [-0.1, -0.05) is 0 Å². The minimum absolute atomic E-state index is 0.00422. The highest BCUT2D eigenvalue weighted by Gasteiger charge is 2.33. The van der Waals surface area contributed by atoms with Gasteiger partial charge in [-0.2, -0.15) is 0 Å². The van der Waals surface area contributed by atoms with E-state index in [1.807, 2.05) is 0 Å². The summed E-state index contributed by atoms with van der Waals surface area (Å²) in [6.07, 6.45) is -0.796. The normalized spacial score (nSPS) is 19.2. The molecule has 1 atom stereocenters. The number of aromatic nitrogens is 1. The summed E-state index contributed by atoms with van der Waals surface area (Å²) in [5.41, 5.74) is -0.141. The molecule has 4 rings (SSSR count). The summed E-state index contributed by atoms with van der Waals surface area (Å²) in [7, 11) is 0. The van der Waals surface area contributed by atoms with Crippen LogP contribution < -0.4 is 9.80 Å². The number of benzene rings is 1. The number of halogens is 2. The van der Waals surface area contributed by atoms with Crippen molar-refractivity contribution in [2.75, 3.05) is 36.1 Å². The molecule has 1 aromatic heterocycles. The van der Waals surface area contributed by atoms with Crippen LogP contribution in [0.1, 0.15) is 0 Å². The van der Waals surface area contributed by atoms with Crippen molar-refractivity contribution in [1.29, 1.82) is 0 Å². The smallest absolute Gasteiger partial charge is 0.415 e. The molecule has 0 saturated carbocycles. The molecule has 146 valence electrons. The first-order valence-electron chi connectivity index (χ1n) is 8.46. The minimum atomic E-state index is -0.884. The number of cyclic esters (lactones) is 2. The summed E-state index contributed by atoms with van der Waals surface area (Å²) < 4.78 is 39.0. The maximum atomic E-state index is 14.6. The summed E-state index contributed by atoms with van der Waals surface area (Å²) in [5, 5.41) is 9.08. The first-order chi connectivity index (χ1) is 13.5. The molecule has 0 radical (unpaired) electrons. The Labute approximate surface area is 157 Å². The lowest BCUT2D eigenvalue weighted by atomic mass is 10.1. The molecule has 2 aromatic rings. The fourth-order valence-electron chi connectivity index (χ4n) is 3.11. The Morgan fingerprint density at radius 1 is 1.14 bits per heavy atom. The van der Waals surface area contributed by atoms with E-state index in [2.05, 4.69) is 4.98 Å². The molecule has 1 aromatic carbocycles. The van der Waals surface area contributed by atoms with Crippen molar-refractivity contribution < 1.29 is 33.0 Å². The molecule has 10 heteroatoms. The fraction of sp³-hybridized carbons (Fsp3) is 0.278. The molecular weight excluding hydrogens is 376 g/mol. The van der Waals surface area contributed by atoms with E-state index in [0.29, 0.717) is 12.4 Å². The summed E-state index contributed by atoms with van der Waals surface area (Å²) in [6.45, 7) is 0.218. The molecule has 28 heavy (non-hydrogen) atoms. The topological polar surface area (TPSA) is 92.2 Å². The van der Waals surface area contributed by atoms with Crippen LogP contribution in [0.25, 0.3) is 11.1 Å².